The van der Waals surface area contributed by atoms with Crippen molar-refractivity contribution in [2.75, 3.05) is 13.2 Å². The van der Waals surface area contributed by atoms with Gasteiger partial charge in [0.15, 0.2) is 6.29 Å². The molecule has 0 aliphatic heterocycles. The molecule has 0 aliphatic rings. The Morgan fingerprint density at radius 1 is 1.00 bits per heavy atom. The van der Waals surface area contributed by atoms with Gasteiger partial charge >= 0.3 is 0 Å². The first-order chi connectivity index (χ1) is 11.1. The summed E-state index contributed by atoms with van der Waals surface area (Å²) < 4.78 is 26.0. The zero-order chi connectivity index (χ0) is 16.8. The normalized spacial score (nSPS) is 12.6. The Hall–Kier alpha value is -1.27. The molecule has 23 heavy (non-hydrogen) atoms. The molecule has 1 atom stereocenters. The van der Waals surface area contributed by atoms with E-state index in [1.165, 1.54) is 6.07 Å². The Morgan fingerprint density at radius 2 is 1.61 bits per heavy atom. The van der Waals surface area contributed by atoms with Crippen LogP contribution in [0.25, 0.3) is 0 Å². The third-order valence-electron chi connectivity index (χ3n) is 3.44. The molecule has 3 nitrogen and oxygen atoms in total. The van der Waals surface area contributed by atoms with Gasteiger partial charge in [-0.25, -0.2) is 4.39 Å². The Kier molecular flexibility index (Phi) is 6.72. The molecule has 0 aliphatic carbocycles. The molecule has 1 unspecified atom stereocenters. The average molecular weight is 383 g/mol. The van der Waals surface area contributed by atoms with Gasteiger partial charge in [0.25, 0.3) is 0 Å². The van der Waals surface area contributed by atoms with Crippen molar-refractivity contribution < 1.29 is 19.0 Å². The first kappa shape index (κ1) is 18.1. The van der Waals surface area contributed by atoms with Gasteiger partial charge in [-0.3, -0.25) is 0 Å². The molecule has 0 radical (unpaired) electrons. The van der Waals surface area contributed by atoms with Crippen molar-refractivity contribution in [2.24, 2.45) is 0 Å². The third-order valence-corrected chi connectivity index (χ3v) is 3.93. The topological polar surface area (TPSA) is 38.7 Å². The molecule has 0 amide bonds. The Morgan fingerprint density at radius 3 is 2.17 bits per heavy atom. The fourth-order valence-corrected chi connectivity index (χ4v) is 2.73. The largest absolute Gasteiger partial charge is 0.384 e. The summed E-state index contributed by atoms with van der Waals surface area (Å²) in [6, 6.07) is 11.8. The second kappa shape index (κ2) is 8.55. The van der Waals surface area contributed by atoms with Crippen LogP contribution in [0.4, 0.5) is 4.39 Å². The molecule has 0 spiro atoms. The van der Waals surface area contributed by atoms with Crippen LogP contribution in [0.5, 0.6) is 0 Å². The summed E-state index contributed by atoms with van der Waals surface area (Å²) in [4.78, 5) is 0. The standard InChI is InChI=1S/C18H20BrFO3/c1-3-22-18(23-4-2)14-8-6-5-7-13(14)17(21)15-10-9-12(19)11-16(15)20/h5-11,17-18,21H,3-4H2,1-2H3. The van der Waals surface area contributed by atoms with Crippen molar-refractivity contribution in [3.63, 3.8) is 0 Å². The molecule has 0 aromatic heterocycles. The van der Waals surface area contributed by atoms with Gasteiger partial charge in [0.05, 0.1) is 0 Å². The molecular weight excluding hydrogens is 363 g/mol. The zero-order valence-electron chi connectivity index (χ0n) is 13.1. The van der Waals surface area contributed by atoms with E-state index in [-0.39, 0.29) is 5.56 Å². The lowest BCUT2D eigenvalue weighted by Gasteiger charge is -2.23. The van der Waals surface area contributed by atoms with Crippen LogP contribution < -0.4 is 0 Å². The first-order valence-corrected chi connectivity index (χ1v) is 8.32. The minimum absolute atomic E-state index is 0.215. The summed E-state index contributed by atoms with van der Waals surface area (Å²) in [6.45, 7) is 4.70. The fraction of sp³-hybridized carbons (Fsp3) is 0.333. The van der Waals surface area contributed by atoms with E-state index in [4.69, 9.17) is 9.47 Å². The lowest BCUT2D eigenvalue weighted by atomic mass is 9.96. The Labute approximate surface area is 144 Å². The maximum Gasteiger partial charge on any atom is 0.184 e. The number of aliphatic hydroxyl groups excluding tert-OH is 1. The maximum atomic E-state index is 14.2. The van der Waals surface area contributed by atoms with Crippen molar-refractivity contribution in [3.05, 3.63) is 69.4 Å². The molecule has 0 fully saturated rings. The number of rotatable bonds is 7. The van der Waals surface area contributed by atoms with Crippen LogP contribution in [0.1, 0.15) is 42.9 Å². The molecule has 2 aromatic carbocycles. The molecule has 0 bridgehead atoms. The van der Waals surface area contributed by atoms with Crippen LogP contribution in [0, 0.1) is 5.82 Å². The Balaban J connectivity index is 2.42. The predicted octanol–water partition coefficient (Wildman–Crippen LogP) is 4.74. The van der Waals surface area contributed by atoms with E-state index in [2.05, 4.69) is 15.9 Å². The van der Waals surface area contributed by atoms with E-state index in [0.29, 0.717) is 28.8 Å². The monoisotopic (exact) mass is 382 g/mol. The van der Waals surface area contributed by atoms with Crippen LogP contribution in [0.2, 0.25) is 0 Å². The van der Waals surface area contributed by atoms with Gasteiger partial charge < -0.3 is 14.6 Å². The van der Waals surface area contributed by atoms with Crippen LogP contribution in [0.15, 0.2) is 46.9 Å². The number of halogens is 2. The molecule has 5 heteroatoms. The molecule has 1 N–H and O–H groups in total. The van der Waals surface area contributed by atoms with Gasteiger partial charge in [0, 0.05) is 28.8 Å². The molecule has 0 saturated heterocycles. The minimum Gasteiger partial charge on any atom is -0.384 e. The van der Waals surface area contributed by atoms with Crippen molar-refractivity contribution in [2.45, 2.75) is 26.2 Å². The highest BCUT2D eigenvalue weighted by atomic mass is 79.9. The van der Waals surface area contributed by atoms with E-state index in [1.54, 1.807) is 24.3 Å². The third kappa shape index (κ3) is 4.38. The first-order valence-electron chi connectivity index (χ1n) is 7.53. The lowest BCUT2D eigenvalue weighted by Crippen LogP contribution is -2.14. The van der Waals surface area contributed by atoms with Gasteiger partial charge in [-0.1, -0.05) is 46.3 Å². The molecular formula is C18H20BrFO3. The summed E-state index contributed by atoms with van der Waals surface area (Å²) in [7, 11) is 0. The number of hydrogen-bond donors (Lipinski definition) is 1. The second-order valence-electron chi connectivity index (χ2n) is 4.94. The molecule has 0 saturated carbocycles. The smallest absolute Gasteiger partial charge is 0.184 e. The van der Waals surface area contributed by atoms with Crippen LogP contribution in [-0.2, 0) is 9.47 Å². The predicted molar refractivity (Wildman–Crippen MR) is 90.6 cm³/mol. The van der Waals surface area contributed by atoms with Gasteiger partial charge in [-0.15, -0.1) is 0 Å². The molecule has 2 rings (SSSR count). The van der Waals surface area contributed by atoms with E-state index in [1.807, 2.05) is 26.0 Å². The summed E-state index contributed by atoms with van der Waals surface area (Å²) >= 11 is 3.22. The summed E-state index contributed by atoms with van der Waals surface area (Å²) in [5.41, 5.74) is 1.49. The minimum atomic E-state index is -1.09. The number of ether oxygens (including phenoxy) is 2. The van der Waals surface area contributed by atoms with E-state index < -0.39 is 18.2 Å². The van der Waals surface area contributed by atoms with Crippen LogP contribution in [0.3, 0.4) is 0 Å². The quantitative estimate of drug-likeness (QED) is 0.702. The van der Waals surface area contributed by atoms with Crippen molar-refractivity contribution in [1.29, 1.82) is 0 Å². The lowest BCUT2D eigenvalue weighted by molar-refractivity contribution is -0.141. The SMILES string of the molecule is CCOC(OCC)c1ccccc1C(O)c1ccc(Br)cc1F. The molecule has 2 aromatic rings. The van der Waals surface area contributed by atoms with Crippen LogP contribution in [-0.4, -0.2) is 18.3 Å². The number of benzene rings is 2. The van der Waals surface area contributed by atoms with Gasteiger partial charge in [-0.2, -0.15) is 0 Å². The van der Waals surface area contributed by atoms with Crippen molar-refractivity contribution >= 4 is 15.9 Å². The average Bonchev–Trinajstić information content (AvgIpc) is 2.54. The number of aliphatic hydroxyl groups is 1. The van der Waals surface area contributed by atoms with Gasteiger partial charge in [0.1, 0.15) is 11.9 Å². The van der Waals surface area contributed by atoms with Crippen molar-refractivity contribution in [3.8, 4) is 0 Å². The highest BCUT2D eigenvalue weighted by Gasteiger charge is 2.23. The summed E-state index contributed by atoms with van der Waals surface area (Å²) in [5.74, 6) is -0.467. The van der Waals surface area contributed by atoms with E-state index in [0.717, 1.165) is 0 Å². The maximum absolute atomic E-state index is 14.2. The zero-order valence-corrected chi connectivity index (χ0v) is 14.7. The van der Waals surface area contributed by atoms with E-state index >= 15 is 0 Å². The molecule has 124 valence electrons. The van der Waals surface area contributed by atoms with Crippen molar-refractivity contribution in [1.82, 2.24) is 0 Å². The highest BCUT2D eigenvalue weighted by Crippen LogP contribution is 2.32. The second-order valence-corrected chi connectivity index (χ2v) is 5.86. The molecule has 0 heterocycles. The summed E-state index contributed by atoms with van der Waals surface area (Å²) in [6.07, 6.45) is -1.68. The Bertz CT molecular complexity index is 642. The number of hydrogen-bond acceptors (Lipinski definition) is 3. The van der Waals surface area contributed by atoms with E-state index in [9.17, 15) is 9.50 Å². The van der Waals surface area contributed by atoms with Gasteiger partial charge in [0.2, 0.25) is 0 Å². The van der Waals surface area contributed by atoms with Gasteiger partial charge in [-0.05, 0) is 31.5 Å². The summed E-state index contributed by atoms with van der Waals surface area (Å²) in [5, 5.41) is 10.7. The van der Waals surface area contributed by atoms with Crippen LogP contribution >= 0.6 is 15.9 Å². The highest BCUT2D eigenvalue weighted by molar-refractivity contribution is 9.10. The fourth-order valence-electron chi connectivity index (χ4n) is 2.40.